The maximum atomic E-state index is 12.6. The van der Waals surface area contributed by atoms with Gasteiger partial charge >= 0.3 is 0 Å². The third-order valence-corrected chi connectivity index (χ3v) is 6.10. The Bertz CT molecular complexity index is 897. The van der Waals surface area contributed by atoms with Crippen molar-refractivity contribution in [3.8, 4) is 0 Å². The monoisotopic (exact) mass is 444 g/mol. The number of hydrogen-bond donors (Lipinski definition) is 0. The van der Waals surface area contributed by atoms with Crippen LogP contribution < -0.4 is 0 Å². The van der Waals surface area contributed by atoms with Crippen molar-refractivity contribution in [1.29, 1.82) is 0 Å². The van der Waals surface area contributed by atoms with Crippen LogP contribution in [0.1, 0.15) is 75.6 Å². The normalized spacial score (nSPS) is 11.1. The van der Waals surface area contributed by atoms with Crippen LogP contribution in [0.25, 0.3) is 0 Å². The summed E-state index contributed by atoms with van der Waals surface area (Å²) in [6.45, 7) is 12.0. The molecule has 0 aliphatic carbocycles. The van der Waals surface area contributed by atoms with E-state index in [-0.39, 0.29) is 17.0 Å². The van der Waals surface area contributed by atoms with Crippen molar-refractivity contribution in [1.82, 2.24) is 0 Å². The van der Waals surface area contributed by atoms with Crippen LogP contribution >= 0.6 is 0 Å². The van der Waals surface area contributed by atoms with Gasteiger partial charge in [-0.3, -0.25) is 9.59 Å². The van der Waals surface area contributed by atoms with Gasteiger partial charge in [0.1, 0.15) is 0 Å². The Morgan fingerprint density at radius 1 is 0.636 bits per heavy atom. The number of ketones is 2. The SMILES string of the molecule is CC(C)=CC(=O)CCC(CCC(=O)C=C(C)C)(Cc1ccc(C)cc1)Cc1ccc(C)cc1. The maximum Gasteiger partial charge on any atom is 0.155 e. The van der Waals surface area contributed by atoms with E-state index in [4.69, 9.17) is 0 Å². The Balaban J connectivity index is 2.41. The molecule has 0 unspecified atom stereocenters. The van der Waals surface area contributed by atoms with E-state index >= 15 is 0 Å². The summed E-state index contributed by atoms with van der Waals surface area (Å²) in [5, 5.41) is 0. The number of hydrogen-bond acceptors (Lipinski definition) is 2. The van der Waals surface area contributed by atoms with Gasteiger partial charge in [-0.05, 0) is 95.9 Å². The van der Waals surface area contributed by atoms with Gasteiger partial charge in [0.05, 0.1) is 0 Å². The van der Waals surface area contributed by atoms with Crippen LogP contribution in [0.3, 0.4) is 0 Å². The molecule has 2 heteroatoms. The molecule has 176 valence electrons. The summed E-state index contributed by atoms with van der Waals surface area (Å²) in [6, 6.07) is 17.3. The van der Waals surface area contributed by atoms with Crippen molar-refractivity contribution < 1.29 is 9.59 Å². The summed E-state index contributed by atoms with van der Waals surface area (Å²) in [7, 11) is 0. The van der Waals surface area contributed by atoms with Crippen LogP contribution in [-0.2, 0) is 22.4 Å². The minimum Gasteiger partial charge on any atom is -0.295 e. The molecule has 0 amide bonds. The van der Waals surface area contributed by atoms with Crippen LogP contribution in [0.5, 0.6) is 0 Å². The minimum absolute atomic E-state index is 0.166. The quantitative estimate of drug-likeness (QED) is 0.314. The van der Waals surface area contributed by atoms with Gasteiger partial charge in [-0.25, -0.2) is 0 Å². The first kappa shape index (κ1) is 26.5. The molecule has 0 atom stereocenters. The fraction of sp³-hybridized carbons (Fsp3) is 0.419. The third kappa shape index (κ3) is 9.74. The molecule has 0 N–H and O–H groups in total. The van der Waals surface area contributed by atoms with Crippen molar-refractivity contribution >= 4 is 11.6 Å². The van der Waals surface area contributed by atoms with E-state index in [1.54, 1.807) is 12.2 Å². The van der Waals surface area contributed by atoms with Crippen molar-refractivity contribution in [2.45, 2.75) is 80.1 Å². The fourth-order valence-corrected chi connectivity index (χ4v) is 4.38. The molecule has 0 spiro atoms. The molecule has 2 rings (SSSR count). The molecule has 2 aromatic carbocycles. The van der Waals surface area contributed by atoms with Gasteiger partial charge in [-0.1, -0.05) is 70.8 Å². The Morgan fingerprint density at radius 2 is 0.970 bits per heavy atom. The summed E-state index contributed by atoms with van der Waals surface area (Å²) in [5.41, 5.74) is 6.89. The zero-order chi connectivity index (χ0) is 24.4. The van der Waals surface area contributed by atoms with Crippen LogP contribution in [0, 0.1) is 19.3 Å². The first-order valence-corrected chi connectivity index (χ1v) is 12.0. The van der Waals surface area contributed by atoms with Gasteiger partial charge in [0.15, 0.2) is 11.6 Å². The van der Waals surface area contributed by atoms with Crippen LogP contribution in [0.2, 0.25) is 0 Å². The lowest BCUT2D eigenvalue weighted by Gasteiger charge is -2.35. The van der Waals surface area contributed by atoms with Crippen molar-refractivity contribution in [2.24, 2.45) is 5.41 Å². The zero-order valence-corrected chi connectivity index (χ0v) is 21.3. The van der Waals surface area contributed by atoms with E-state index < -0.39 is 0 Å². The summed E-state index contributed by atoms with van der Waals surface area (Å²) in [5.74, 6) is 0.339. The van der Waals surface area contributed by atoms with E-state index in [1.807, 2.05) is 27.7 Å². The number of aryl methyl sites for hydroxylation is 2. The summed E-state index contributed by atoms with van der Waals surface area (Å²) in [6.07, 6.45) is 7.73. The van der Waals surface area contributed by atoms with Gasteiger partial charge in [0, 0.05) is 12.8 Å². The van der Waals surface area contributed by atoms with E-state index in [0.717, 1.165) is 36.8 Å². The number of carbonyl (C=O) groups excluding carboxylic acids is 2. The highest BCUT2D eigenvalue weighted by Gasteiger charge is 2.31. The van der Waals surface area contributed by atoms with Gasteiger partial charge < -0.3 is 0 Å². The fourth-order valence-electron chi connectivity index (χ4n) is 4.38. The lowest BCUT2D eigenvalue weighted by molar-refractivity contribution is -0.115. The number of rotatable bonds is 12. The highest BCUT2D eigenvalue weighted by Crippen LogP contribution is 2.38. The largest absolute Gasteiger partial charge is 0.295 e. The first-order valence-electron chi connectivity index (χ1n) is 12.0. The van der Waals surface area contributed by atoms with Crippen LogP contribution in [0.15, 0.2) is 71.8 Å². The maximum absolute atomic E-state index is 12.6. The second-order valence-corrected chi connectivity index (χ2v) is 10.2. The average molecular weight is 445 g/mol. The Morgan fingerprint density at radius 3 is 1.27 bits per heavy atom. The van der Waals surface area contributed by atoms with Gasteiger partial charge in [-0.15, -0.1) is 0 Å². The standard InChI is InChI=1S/C31H40O2/c1-23(2)19-29(32)15-17-31(18-16-30(33)20-24(3)4,21-27-11-7-25(5)8-12-27)22-28-13-9-26(6)10-14-28/h7-14,19-20H,15-18,21-22H2,1-6H3. The highest BCUT2D eigenvalue weighted by molar-refractivity contribution is 5.90. The topological polar surface area (TPSA) is 34.1 Å². The van der Waals surface area contributed by atoms with Crippen molar-refractivity contribution in [3.63, 3.8) is 0 Å². The molecule has 0 aliphatic heterocycles. The molecule has 0 aromatic heterocycles. The predicted octanol–water partition coefficient (Wildman–Crippen LogP) is 7.71. The molecular weight excluding hydrogens is 404 g/mol. The zero-order valence-electron chi connectivity index (χ0n) is 21.3. The van der Waals surface area contributed by atoms with Gasteiger partial charge in [-0.2, -0.15) is 0 Å². The highest BCUT2D eigenvalue weighted by atomic mass is 16.1. The Kier molecular flexibility index (Phi) is 10.0. The molecule has 0 radical (unpaired) electrons. The molecule has 0 saturated heterocycles. The summed E-state index contributed by atoms with van der Waals surface area (Å²) >= 11 is 0. The Labute approximate surface area is 200 Å². The summed E-state index contributed by atoms with van der Waals surface area (Å²) < 4.78 is 0. The van der Waals surface area contributed by atoms with E-state index in [9.17, 15) is 9.59 Å². The molecular formula is C31H40O2. The molecule has 0 aliphatic rings. The molecule has 33 heavy (non-hydrogen) atoms. The molecule has 2 aromatic rings. The van der Waals surface area contributed by atoms with E-state index in [0.29, 0.717) is 12.8 Å². The average Bonchev–Trinajstić information content (AvgIpc) is 2.73. The second-order valence-electron chi connectivity index (χ2n) is 10.2. The Hall–Kier alpha value is -2.74. The van der Waals surface area contributed by atoms with E-state index in [1.165, 1.54) is 22.3 Å². The molecule has 0 bridgehead atoms. The summed E-state index contributed by atoms with van der Waals surface area (Å²) in [4.78, 5) is 25.3. The minimum atomic E-state index is -0.166. The molecule has 0 heterocycles. The van der Waals surface area contributed by atoms with E-state index in [2.05, 4.69) is 62.4 Å². The number of carbonyl (C=O) groups is 2. The predicted molar refractivity (Wildman–Crippen MR) is 140 cm³/mol. The number of allylic oxidation sites excluding steroid dienone is 4. The lowest BCUT2D eigenvalue weighted by atomic mass is 9.69. The van der Waals surface area contributed by atoms with Crippen LogP contribution in [-0.4, -0.2) is 11.6 Å². The van der Waals surface area contributed by atoms with Gasteiger partial charge in [0.2, 0.25) is 0 Å². The van der Waals surface area contributed by atoms with Crippen molar-refractivity contribution in [3.05, 3.63) is 94.1 Å². The van der Waals surface area contributed by atoms with Crippen LogP contribution in [0.4, 0.5) is 0 Å². The number of benzene rings is 2. The first-order chi connectivity index (χ1) is 15.6. The third-order valence-electron chi connectivity index (χ3n) is 6.10. The molecule has 0 fully saturated rings. The van der Waals surface area contributed by atoms with Gasteiger partial charge in [0.25, 0.3) is 0 Å². The molecule has 0 saturated carbocycles. The second kappa shape index (κ2) is 12.5. The van der Waals surface area contributed by atoms with Crippen molar-refractivity contribution in [2.75, 3.05) is 0 Å². The lowest BCUT2D eigenvalue weighted by Crippen LogP contribution is -2.29. The molecule has 2 nitrogen and oxygen atoms in total. The smallest absolute Gasteiger partial charge is 0.155 e.